The summed E-state index contributed by atoms with van der Waals surface area (Å²) in [5.74, 6) is 0.323. The van der Waals surface area contributed by atoms with Gasteiger partial charge in [0.05, 0.1) is 12.2 Å². The first-order chi connectivity index (χ1) is 12.7. The molecule has 3 heterocycles. The van der Waals surface area contributed by atoms with Gasteiger partial charge in [0, 0.05) is 30.9 Å². The van der Waals surface area contributed by atoms with Crippen LogP contribution in [0.4, 0.5) is 4.39 Å². The number of hydrogen-bond acceptors (Lipinski definition) is 4. The zero-order valence-corrected chi connectivity index (χ0v) is 13.9. The molecule has 0 saturated carbocycles. The Morgan fingerprint density at radius 3 is 2.73 bits per heavy atom. The molecule has 1 amide bonds. The third-order valence-electron chi connectivity index (χ3n) is 4.33. The van der Waals surface area contributed by atoms with E-state index in [1.54, 1.807) is 47.6 Å². The number of amides is 1. The van der Waals surface area contributed by atoms with E-state index in [1.807, 2.05) is 0 Å². The number of nitrogens with one attached hydrogen (secondary N) is 1. The summed E-state index contributed by atoms with van der Waals surface area (Å²) in [4.78, 5) is 18.4. The Bertz CT molecular complexity index is 895. The maximum Gasteiger partial charge on any atom is 0.272 e. The number of likely N-dealkylation sites (tertiary alicyclic amines) is 1. The van der Waals surface area contributed by atoms with Crippen LogP contribution in [0.1, 0.15) is 16.9 Å². The number of H-pyrrole nitrogens is 1. The topological polar surface area (TPSA) is 71.1 Å². The van der Waals surface area contributed by atoms with Gasteiger partial charge in [0.25, 0.3) is 5.91 Å². The molecule has 1 saturated heterocycles. The van der Waals surface area contributed by atoms with Crippen molar-refractivity contribution in [1.82, 2.24) is 20.1 Å². The Kier molecular flexibility index (Phi) is 4.35. The average molecular weight is 352 g/mol. The highest BCUT2D eigenvalue weighted by molar-refractivity contribution is 5.93. The lowest BCUT2D eigenvalue weighted by Crippen LogP contribution is -2.31. The quantitative estimate of drug-likeness (QED) is 0.784. The number of carbonyl (C=O) groups excluding carboxylic acids is 1. The Balaban J connectivity index is 1.41. The molecule has 1 atom stereocenters. The molecule has 4 rings (SSSR count). The molecule has 0 spiro atoms. The molecule has 26 heavy (non-hydrogen) atoms. The summed E-state index contributed by atoms with van der Waals surface area (Å²) in [6.45, 7) is 1.14. The van der Waals surface area contributed by atoms with Gasteiger partial charge < -0.3 is 9.64 Å². The van der Waals surface area contributed by atoms with Gasteiger partial charge in [-0.05, 0) is 42.5 Å². The summed E-state index contributed by atoms with van der Waals surface area (Å²) in [5, 5.41) is 6.94. The third kappa shape index (κ3) is 3.42. The molecule has 6 nitrogen and oxygen atoms in total. The molecule has 0 radical (unpaired) electrons. The summed E-state index contributed by atoms with van der Waals surface area (Å²) in [6.07, 6.45) is 4.08. The van der Waals surface area contributed by atoms with Gasteiger partial charge in [0.1, 0.15) is 23.4 Å². The van der Waals surface area contributed by atoms with Crippen LogP contribution in [0, 0.1) is 5.82 Å². The third-order valence-corrected chi connectivity index (χ3v) is 4.33. The molecule has 0 aliphatic carbocycles. The second-order valence-corrected chi connectivity index (χ2v) is 6.14. The van der Waals surface area contributed by atoms with Crippen LogP contribution in [-0.4, -0.2) is 45.2 Å². The van der Waals surface area contributed by atoms with E-state index in [9.17, 15) is 9.18 Å². The predicted molar refractivity (Wildman–Crippen MR) is 93.2 cm³/mol. The highest BCUT2D eigenvalue weighted by atomic mass is 19.1. The fourth-order valence-corrected chi connectivity index (χ4v) is 2.99. The van der Waals surface area contributed by atoms with E-state index in [0.29, 0.717) is 24.5 Å². The molecule has 1 fully saturated rings. The normalized spacial score (nSPS) is 16.7. The molecule has 0 unspecified atom stereocenters. The Morgan fingerprint density at radius 1 is 1.19 bits per heavy atom. The Labute approximate surface area is 149 Å². The van der Waals surface area contributed by atoms with Gasteiger partial charge >= 0.3 is 0 Å². The lowest BCUT2D eigenvalue weighted by Gasteiger charge is -2.16. The van der Waals surface area contributed by atoms with E-state index in [1.165, 1.54) is 12.1 Å². The van der Waals surface area contributed by atoms with Gasteiger partial charge in [-0.1, -0.05) is 0 Å². The van der Waals surface area contributed by atoms with Crippen LogP contribution in [0.2, 0.25) is 0 Å². The minimum absolute atomic E-state index is 0.0409. The number of pyridine rings is 1. The van der Waals surface area contributed by atoms with Crippen LogP contribution in [-0.2, 0) is 0 Å². The van der Waals surface area contributed by atoms with Crippen LogP contribution >= 0.6 is 0 Å². The molecule has 0 bridgehead atoms. The number of ether oxygens (including phenoxy) is 1. The fourth-order valence-electron chi connectivity index (χ4n) is 2.99. The Morgan fingerprint density at radius 2 is 1.96 bits per heavy atom. The SMILES string of the molecule is O=C(c1cc(-c2ccc(F)cc2)n[nH]1)N1CC[C@H](Oc2ccncc2)C1. The zero-order valence-electron chi connectivity index (χ0n) is 13.9. The van der Waals surface area contributed by atoms with Crippen LogP contribution in [0.25, 0.3) is 11.3 Å². The van der Waals surface area contributed by atoms with E-state index in [2.05, 4.69) is 15.2 Å². The van der Waals surface area contributed by atoms with Gasteiger partial charge in [-0.25, -0.2) is 4.39 Å². The molecule has 132 valence electrons. The van der Waals surface area contributed by atoms with Gasteiger partial charge in [0.15, 0.2) is 0 Å². The average Bonchev–Trinajstić information content (AvgIpc) is 3.33. The van der Waals surface area contributed by atoms with E-state index in [4.69, 9.17) is 4.74 Å². The highest BCUT2D eigenvalue weighted by Crippen LogP contribution is 2.21. The minimum atomic E-state index is -0.308. The number of nitrogens with zero attached hydrogens (tertiary/aromatic N) is 3. The molecule has 3 aromatic rings. The molecular weight excluding hydrogens is 335 g/mol. The summed E-state index contributed by atoms with van der Waals surface area (Å²) < 4.78 is 18.9. The highest BCUT2D eigenvalue weighted by Gasteiger charge is 2.29. The van der Waals surface area contributed by atoms with Crippen molar-refractivity contribution in [2.75, 3.05) is 13.1 Å². The van der Waals surface area contributed by atoms with Crippen molar-refractivity contribution in [3.05, 3.63) is 66.4 Å². The number of carbonyl (C=O) groups is 1. The number of hydrogen-bond donors (Lipinski definition) is 1. The summed E-state index contributed by atoms with van der Waals surface area (Å²) in [7, 11) is 0. The predicted octanol–water partition coefficient (Wildman–Crippen LogP) is 2.90. The second-order valence-electron chi connectivity index (χ2n) is 6.14. The monoisotopic (exact) mass is 352 g/mol. The molecule has 2 aromatic heterocycles. The Hall–Kier alpha value is -3.22. The lowest BCUT2D eigenvalue weighted by atomic mass is 10.1. The number of aromatic nitrogens is 3. The lowest BCUT2D eigenvalue weighted by molar-refractivity contribution is 0.0766. The van der Waals surface area contributed by atoms with Gasteiger partial charge in [-0.3, -0.25) is 14.9 Å². The molecule has 1 aliphatic rings. The maximum atomic E-state index is 13.0. The minimum Gasteiger partial charge on any atom is -0.488 e. The van der Waals surface area contributed by atoms with Crippen LogP contribution in [0.5, 0.6) is 5.75 Å². The molecule has 1 N–H and O–H groups in total. The van der Waals surface area contributed by atoms with E-state index in [0.717, 1.165) is 17.7 Å². The van der Waals surface area contributed by atoms with Crippen molar-refractivity contribution >= 4 is 5.91 Å². The van der Waals surface area contributed by atoms with Crippen molar-refractivity contribution < 1.29 is 13.9 Å². The second kappa shape index (κ2) is 6.95. The standard InChI is InChI=1S/C19H17FN4O2/c20-14-3-1-13(2-4-14)17-11-18(23-22-17)19(25)24-10-7-16(12-24)26-15-5-8-21-9-6-15/h1-6,8-9,11,16H,7,10,12H2,(H,22,23)/t16-/m0/s1. The number of halogens is 1. The summed E-state index contributed by atoms with van der Waals surface area (Å²) >= 11 is 0. The van der Waals surface area contributed by atoms with Crippen LogP contribution in [0.3, 0.4) is 0 Å². The zero-order chi connectivity index (χ0) is 17.9. The van der Waals surface area contributed by atoms with Gasteiger partial charge in [-0.15, -0.1) is 0 Å². The van der Waals surface area contributed by atoms with Crippen molar-refractivity contribution in [3.63, 3.8) is 0 Å². The number of benzene rings is 1. The maximum absolute atomic E-state index is 13.0. The fraction of sp³-hybridized carbons (Fsp3) is 0.211. The van der Waals surface area contributed by atoms with Crippen molar-refractivity contribution in [2.45, 2.75) is 12.5 Å². The van der Waals surface area contributed by atoms with Gasteiger partial charge in [-0.2, -0.15) is 5.10 Å². The number of aromatic amines is 1. The van der Waals surface area contributed by atoms with E-state index < -0.39 is 0 Å². The van der Waals surface area contributed by atoms with Crippen molar-refractivity contribution in [1.29, 1.82) is 0 Å². The largest absolute Gasteiger partial charge is 0.488 e. The molecular formula is C19H17FN4O2. The van der Waals surface area contributed by atoms with E-state index in [-0.39, 0.29) is 17.8 Å². The first kappa shape index (κ1) is 16.3. The number of rotatable bonds is 4. The summed E-state index contributed by atoms with van der Waals surface area (Å²) in [5.41, 5.74) is 1.77. The molecule has 1 aliphatic heterocycles. The van der Waals surface area contributed by atoms with Gasteiger partial charge in [0.2, 0.25) is 0 Å². The van der Waals surface area contributed by atoms with E-state index >= 15 is 0 Å². The molecule has 1 aromatic carbocycles. The summed E-state index contributed by atoms with van der Waals surface area (Å²) in [6, 6.07) is 11.3. The van der Waals surface area contributed by atoms with Crippen LogP contribution < -0.4 is 4.74 Å². The first-order valence-electron chi connectivity index (χ1n) is 8.36. The van der Waals surface area contributed by atoms with Crippen molar-refractivity contribution in [2.24, 2.45) is 0 Å². The van der Waals surface area contributed by atoms with Crippen molar-refractivity contribution in [3.8, 4) is 17.0 Å². The first-order valence-corrected chi connectivity index (χ1v) is 8.36. The molecule has 7 heteroatoms. The smallest absolute Gasteiger partial charge is 0.272 e. The van der Waals surface area contributed by atoms with Crippen LogP contribution in [0.15, 0.2) is 54.9 Å².